The summed E-state index contributed by atoms with van der Waals surface area (Å²) in [5.41, 5.74) is 14.7. The van der Waals surface area contributed by atoms with Crippen LogP contribution in [0.25, 0.3) is 0 Å². The molecule has 0 aromatic carbocycles. The van der Waals surface area contributed by atoms with Crippen molar-refractivity contribution in [3.05, 3.63) is 0 Å². The van der Waals surface area contributed by atoms with Crippen LogP contribution in [0.4, 0.5) is 0 Å². The van der Waals surface area contributed by atoms with E-state index in [0.29, 0.717) is 0 Å². The van der Waals surface area contributed by atoms with Gasteiger partial charge in [-0.1, -0.05) is 0 Å². The molecule has 0 spiro atoms. The number of nitrogens with two attached hydrogens (primary N) is 3. The summed E-state index contributed by atoms with van der Waals surface area (Å²) in [6, 6.07) is -3.34. The zero-order valence-electron chi connectivity index (χ0n) is 13.5. The highest BCUT2D eigenvalue weighted by atomic mass is 16.4. The Bertz CT molecular complexity index is 429. The maximum absolute atomic E-state index is 9.99. The molecule has 0 saturated carbocycles. The number of aliphatic hydroxyl groups is 2. The van der Waals surface area contributed by atoms with Gasteiger partial charge in [-0.15, -0.1) is 0 Å². The lowest BCUT2D eigenvalue weighted by Gasteiger charge is -2.06. The van der Waals surface area contributed by atoms with Crippen LogP contribution in [-0.4, -0.2) is 85.4 Å². The van der Waals surface area contributed by atoms with E-state index in [1.54, 1.807) is 0 Å². The van der Waals surface area contributed by atoms with Gasteiger partial charge in [0.2, 0.25) is 0 Å². The fourth-order valence-corrected chi connectivity index (χ4v) is 0.687. The van der Waals surface area contributed by atoms with Crippen molar-refractivity contribution < 1.29 is 49.8 Å². The Hall–Kier alpha value is -2.32. The number of carbonyl (C=O) groups is 4. The third-order valence-corrected chi connectivity index (χ3v) is 2.31. The molecule has 0 rings (SSSR count). The molecule has 4 atom stereocenters. The Balaban J connectivity index is -0.000000296. The monoisotopic (exact) mass is 371 g/mol. The van der Waals surface area contributed by atoms with Crippen molar-refractivity contribution in [2.24, 2.45) is 17.2 Å². The van der Waals surface area contributed by atoms with Crippen LogP contribution in [-0.2, 0) is 19.2 Å². The second-order valence-corrected chi connectivity index (χ2v) is 4.61. The summed E-state index contributed by atoms with van der Waals surface area (Å²) in [6.45, 7) is 0.827. The lowest BCUT2D eigenvalue weighted by Crippen LogP contribution is -2.39. The molecular formula is C12H25N3O10. The van der Waals surface area contributed by atoms with Crippen molar-refractivity contribution in [2.45, 2.75) is 44.0 Å². The Morgan fingerprint density at radius 1 is 0.840 bits per heavy atom. The van der Waals surface area contributed by atoms with Gasteiger partial charge >= 0.3 is 23.9 Å². The average Bonchev–Trinajstić information content (AvgIpc) is 2.51. The van der Waals surface area contributed by atoms with Crippen molar-refractivity contribution in [1.82, 2.24) is 0 Å². The second kappa shape index (κ2) is 15.2. The minimum Gasteiger partial charge on any atom is -0.481 e. The predicted octanol–water partition coefficient (Wildman–Crippen LogP) is -3.57. The molecule has 13 heteroatoms. The average molecular weight is 371 g/mol. The number of carboxylic acid groups (broad SMARTS) is 4. The summed E-state index contributed by atoms with van der Waals surface area (Å²) in [6.07, 6.45) is -1.20. The van der Waals surface area contributed by atoms with Gasteiger partial charge in [-0.2, -0.15) is 0 Å². The summed E-state index contributed by atoms with van der Waals surface area (Å²) in [7, 11) is 0. The smallest absolute Gasteiger partial charge is 0.323 e. The second-order valence-electron chi connectivity index (χ2n) is 4.61. The van der Waals surface area contributed by atoms with Gasteiger partial charge in [-0.3, -0.25) is 19.2 Å². The van der Waals surface area contributed by atoms with Crippen LogP contribution in [0.3, 0.4) is 0 Å². The molecule has 0 heterocycles. The van der Waals surface area contributed by atoms with E-state index in [0.717, 1.165) is 0 Å². The van der Waals surface area contributed by atoms with Crippen LogP contribution in [0, 0.1) is 0 Å². The molecule has 0 aromatic heterocycles. The number of rotatable bonds is 8. The van der Waals surface area contributed by atoms with Gasteiger partial charge < -0.3 is 47.8 Å². The molecule has 25 heavy (non-hydrogen) atoms. The zero-order valence-corrected chi connectivity index (χ0v) is 13.5. The van der Waals surface area contributed by atoms with Gasteiger partial charge in [-0.25, -0.2) is 0 Å². The zero-order chi connectivity index (χ0) is 20.7. The summed E-state index contributed by atoms with van der Waals surface area (Å²) in [5, 5.41) is 48.7. The van der Waals surface area contributed by atoms with Crippen molar-refractivity contribution in [2.75, 3.05) is 6.61 Å². The van der Waals surface area contributed by atoms with Crippen LogP contribution in [0.5, 0.6) is 0 Å². The summed E-state index contributed by atoms with van der Waals surface area (Å²) >= 11 is 0. The van der Waals surface area contributed by atoms with E-state index < -0.39 is 54.7 Å². The predicted molar refractivity (Wildman–Crippen MR) is 82.5 cm³/mol. The molecule has 0 amide bonds. The van der Waals surface area contributed by atoms with E-state index in [1.807, 2.05) is 0 Å². The minimum absolute atomic E-state index is 0.0231. The third kappa shape index (κ3) is 19.6. The van der Waals surface area contributed by atoms with E-state index >= 15 is 0 Å². The summed E-state index contributed by atoms with van der Waals surface area (Å²) in [4.78, 5) is 39.4. The molecule has 148 valence electrons. The third-order valence-electron chi connectivity index (χ3n) is 2.31. The first-order valence-electron chi connectivity index (χ1n) is 6.73. The van der Waals surface area contributed by atoms with E-state index in [9.17, 15) is 19.2 Å². The van der Waals surface area contributed by atoms with E-state index in [1.165, 1.54) is 6.92 Å². The maximum atomic E-state index is 9.99. The molecule has 0 bridgehead atoms. The van der Waals surface area contributed by atoms with Crippen molar-refractivity contribution in [3.8, 4) is 0 Å². The highest BCUT2D eigenvalue weighted by Crippen LogP contribution is 1.93. The van der Waals surface area contributed by atoms with Crippen molar-refractivity contribution in [1.29, 1.82) is 0 Å². The topological polar surface area (TPSA) is 268 Å². The fraction of sp³-hybridized carbons (Fsp3) is 0.667. The molecule has 0 saturated heterocycles. The molecule has 0 aliphatic rings. The molecule has 13 nitrogen and oxygen atoms in total. The number of carboxylic acids is 4. The summed E-state index contributed by atoms with van der Waals surface area (Å²) in [5.74, 6) is -4.56. The van der Waals surface area contributed by atoms with Gasteiger partial charge in [0.25, 0.3) is 0 Å². The first kappa shape index (κ1) is 27.5. The largest absolute Gasteiger partial charge is 0.481 e. The molecule has 0 fully saturated rings. The van der Waals surface area contributed by atoms with Crippen LogP contribution >= 0.6 is 0 Å². The van der Waals surface area contributed by atoms with Gasteiger partial charge in [0.05, 0.1) is 12.7 Å². The van der Waals surface area contributed by atoms with E-state index in [-0.39, 0.29) is 12.8 Å². The Kier molecular flexibility index (Phi) is 16.8. The van der Waals surface area contributed by atoms with Crippen molar-refractivity contribution in [3.63, 3.8) is 0 Å². The lowest BCUT2D eigenvalue weighted by molar-refractivity contribution is -0.141. The molecule has 0 aliphatic carbocycles. The van der Waals surface area contributed by atoms with E-state index in [4.69, 9.17) is 47.8 Å². The Morgan fingerprint density at radius 3 is 1.36 bits per heavy atom. The first-order valence-corrected chi connectivity index (χ1v) is 6.73. The molecule has 0 aromatic rings. The van der Waals surface area contributed by atoms with Crippen molar-refractivity contribution >= 4 is 23.9 Å². The fourth-order valence-electron chi connectivity index (χ4n) is 0.687. The number of aliphatic carboxylic acids is 4. The first-order chi connectivity index (χ1) is 11.3. The quantitative estimate of drug-likeness (QED) is 0.200. The van der Waals surface area contributed by atoms with Crippen LogP contribution in [0.15, 0.2) is 0 Å². The van der Waals surface area contributed by atoms with Crippen LogP contribution < -0.4 is 17.2 Å². The van der Waals surface area contributed by atoms with Crippen LogP contribution in [0.2, 0.25) is 0 Å². The molecule has 4 unspecified atom stereocenters. The van der Waals surface area contributed by atoms with Gasteiger partial charge in [0.1, 0.15) is 18.1 Å². The van der Waals surface area contributed by atoms with E-state index in [2.05, 4.69) is 0 Å². The highest BCUT2D eigenvalue weighted by Gasteiger charge is 2.16. The van der Waals surface area contributed by atoms with Crippen LogP contribution in [0.1, 0.15) is 19.8 Å². The molecule has 12 N–H and O–H groups in total. The maximum Gasteiger partial charge on any atom is 0.323 e. The van der Waals surface area contributed by atoms with Gasteiger partial charge in [-0.05, 0) is 13.3 Å². The molecule has 0 aliphatic heterocycles. The van der Waals surface area contributed by atoms with Gasteiger partial charge in [0, 0.05) is 6.42 Å². The highest BCUT2D eigenvalue weighted by molar-refractivity contribution is 5.75. The molecule has 0 radical (unpaired) electrons. The normalized spacial score (nSPS) is 14.3. The van der Waals surface area contributed by atoms with Gasteiger partial charge in [0.15, 0.2) is 0 Å². The number of hydrogen-bond donors (Lipinski definition) is 9. The standard InChI is InChI=1S/C5H9NO4.C4H9NO3.C3H7NO3/c6-3(5(9)10)1-2-4(7)8;1-2(6)3(5)4(7)8;4-2(1-5)3(6)7/h3H,1-2,6H2,(H,7,8)(H,9,10);2-3,6H,5H2,1H3,(H,7,8);2,5H,1,4H2,(H,6,7). The SMILES string of the molecule is CC(O)C(N)C(=O)O.NC(CCC(=O)O)C(=O)O.NC(CO)C(=O)O. The Labute approximate surface area is 142 Å². The lowest BCUT2D eigenvalue weighted by atomic mass is 10.2. The number of hydrogen-bond acceptors (Lipinski definition) is 9. The summed E-state index contributed by atoms with van der Waals surface area (Å²) < 4.78 is 0. The number of aliphatic hydroxyl groups excluding tert-OH is 2. The Morgan fingerprint density at radius 2 is 1.24 bits per heavy atom. The minimum atomic E-state index is -1.18. The molecular weight excluding hydrogens is 346 g/mol.